The minimum atomic E-state index is -0.298. The fourth-order valence-corrected chi connectivity index (χ4v) is 2.53. The van der Waals surface area contributed by atoms with Crippen molar-refractivity contribution in [3.8, 4) is 11.4 Å². The number of aromatic amines is 1. The lowest BCUT2D eigenvalue weighted by Crippen LogP contribution is -2.06. The molecule has 0 fully saturated rings. The van der Waals surface area contributed by atoms with Crippen LogP contribution in [-0.4, -0.2) is 33.5 Å². The van der Waals surface area contributed by atoms with Gasteiger partial charge in [0.05, 0.1) is 17.4 Å². The molecule has 0 saturated heterocycles. The summed E-state index contributed by atoms with van der Waals surface area (Å²) in [5.41, 5.74) is 0.701. The van der Waals surface area contributed by atoms with Gasteiger partial charge in [0.1, 0.15) is 0 Å². The van der Waals surface area contributed by atoms with Crippen LogP contribution in [0.3, 0.4) is 0 Å². The highest BCUT2D eigenvalue weighted by atomic mass is 35.5. The van der Waals surface area contributed by atoms with Crippen molar-refractivity contribution in [2.24, 2.45) is 0 Å². The third kappa shape index (κ3) is 3.88. The molecule has 1 aromatic carbocycles. The van der Waals surface area contributed by atoms with Gasteiger partial charge in [-0.25, -0.2) is 4.98 Å². The average Bonchev–Trinajstić information content (AvgIpc) is 2.85. The molecule has 0 unspecified atom stereocenters. The number of nitrogens with one attached hydrogen (secondary N) is 1. The van der Waals surface area contributed by atoms with Gasteiger partial charge < -0.3 is 4.74 Å². The van der Waals surface area contributed by atoms with Crippen molar-refractivity contribution in [2.45, 2.75) is 12.1 Å². The lowest BCUT2D eigenvalue weighted by Gasteiger charge is -2.00. The van der Waals surface area contributed by atoms with E-state index >= 15 is 0 Å². The molecule has 0 spiro atoms. The van der Waals surface area contributed by atoms with Crippen LogP contribution in [0.25, 0.3) is 11.4 Å². The molecule has 0 aliphatic rings. The predicted molar refractivity (Wildman–Crippen MR) is 79.2 cm³/mol. The van der Waals surface area contributed by atoms with Gasteiger partial charge in [0.2, 0.25) is 5.16 Å². The second-order valence-electron chi connectivity index (χ2n) is 3.68. The molecule has 0 atom stereocenters. The highest BCUT2D eigenvalue weighted by Gasteiger charge is 2.11. The Bertz CT molecular complexity index is 618. The minimum Gasteiger partial charge on any atom is -0.465 e. The summed E-state index contributed by atoms with van der Waals surface area (Å²) in [7, 11) is 0. The SMILES string of the molecule is CCOC(=O)CSc1n[nH]c(-c2ccc(Cl)cc2Cl)n1. The lowest BCUT2D eigenvalue weighted by atomic mass is 10.2. The number of nitrogens with zero attached hydrogens (tertiary/aromatic N) is 2. The van der Waals surface area contributed by atoms with E-state index < -0.39 is 0 Å². The maximum atomic E-state index is 11.2. The summed E-state index contributed by atoms with van der Waals surface area (Å²) in [4.78, 5) is 15.5. The van der Waals surface area contributed by atoms with E-state index in [1.165, 1.54) is 11.8 Å². The first kappa shape index (κ1) is 15.2. The van der Waals surface area contributed by atoms with Crippen molar-refractivity contribution < 1.29 is 9.53 Å². The molecule has 1 aromatic heterocycles. The van der Waals surface area contributed by atoms with Crippen molar-refractivity contribution in [1.29, 1.82) is 0 Å². The molecule has 0 amide bonds. The Hall–Kier alpha value is -1.24. The molecule has 106 valence electrons. The van der Waals surface area contributed by atoms with Gasteiger partial charge in [-0.05, 0) is 25.1 Å². The summed E-state index contributed by atoms with van der Waals surface area (Å²) < 4.78 is 4.83. The quantitative estimate of drug-likeness (QED) is 0.671. The molecule has 0 radical (unpaired) electrons. The van der Waals surface area contributed by atoms with Crippen LogP contribution in [-0.2, 0) is 9.53 Å². The predicted octanol–water partition coefficient (Wildman–Crippen LogP) is 3.43. The van der Waals surface area contributed by atoms with Crippen LogP contribution in [0.15, 0.2) is 23.4 Å². The number of H-pyrrole nitrogens is 1. The fraction of sp³-hybridized carbons (Fsp3) is 0.250. The zero-order valence-corrected chi connectivity index (χ0v) is 12.8. The highest BCUT2D eigenvalue weighted by Crippen LogP contribution is 2.28. The Morgan fingerprint density at radius 3 is 2.95 bits per heavy atom. The Kier molecular flexibility index (Phi) is 5.28. The standard InChI is InChI=1S/C12H11Cl2N3O2S/c1-2-19-10(18)6-20-12-15-11(16-17-12)8-4-3-7(13)5-9(8)14/h3-5H,2,6H2,1H3,(H,15,16,17). The van der Waals surface area contributed by atoms with Crippen LogP contribution in [0.2, 0.25) is 10.0 Å². The Morgan fingerprint density at radius 2 is 2.25 bits per heavy atom. The number of hydrogen-bond donors (Lipinski definition) is 1. The molecular weight excluding hydrogens is 321 g/mol. The molecule has 5 nitrogen and oxygen atoms in total. The summed E-state index contributed by atoms with van der Waals surface area (Å²) >= 11 is 13.1. The number of aromatic nitrogens is 3. The van der Waals surface area contributed by atoms with E-state index in [0.717, 1.165) is 0 Å². The lowest BCUT2D eigenvalue weighted by molar-refractivity contribution is -0.139. The van der Waals surface area contributed by atoms with Gasteiger partial charge >= 0.3 is 5.97 Å². The maximum absolute atomic E-state index is 11.2. The topological polar surface area (TPSA) is 67.9 Å². The van der Waals surface area contributed by atoms with Gasteiger partial charge in [0.15, 0.2) is 5.82 Å². The van der Waals surface area contributed by atoms with Crippen LogP contribution >= 0.6 is 35.0 Å². The Labute approximate surface area is 130 Å². The number of carbonyl (C=O) groups is 1. The van der Waals surface area contributed by atoms with Gasteiger partial charge in [-0.1, -0.05) is 35.0 Å². The first-order chi connectivity index (χ1) is 9.60. The highest BCUT2D eigenvalue weighted by molar-refractivity contribution is 7.99. The molecule has 1 heterocycles. The molecule has 0 aliphatic heterocycles. The van der Waals surface area contributed by atoms with Gasteiger partial charge in [-0.3, -0.25) is 9.89 Å². The second kappa shape index (κ2) is 6.97. The van der Waals surface area contributed by atoms with E-state index in [0.29, 0.717) is 33.2 Å². The Morgan fingerprint density at radius 1 is 1.45 bits per heavy atom. The second-order valence-corrected chi connectivity index (χ2v) is 5.47. The molecule has 0 saturated carbocycles. The van der Waals surface area contributed by atoms with Gasteiger partial charge in [0.25, 0.3) is 0 Å². The molecule has 2 aromatic rings. The molecule has 0 aliphatic carbocycles. The normalized spacial score (nSPS) is 10.6. The first-order valence-electron chi connectivity index (χ1n) is 5.76. The summed E-state index contributed by atoms with van der Waals surface area (Å²) in [5.74, 6) is 0.394. The Balaban J connectivity index is 2.07. The zero-order valence-electron chi connectivity index (χ0n) is 10.5. The monoisotopic (exact) mass is 331 g/mol. The molecule has 0 bridgehead atoms. The van der Waals surface area contributed by atoms with Crippen LogP contribution in [0.1, 0.15) is 6.92 Å². The van der Waals surface area contributed by atoms with Crippen molar-refractivity contribution in [1.82, 2.24) is 15.2 Å². The number of halogens is 2. The van der Waals surface area contributed by atoms with E-state index in [1.54, 1.807) is 25.1 Å². The number of esters is 1. The number of thioether (sulfide) groups is 1. The molecule has 1 N–H and O–H groups in total. The largest absolute Gasteiger partial charge is 0.465 e. The van der Waals surface area contributed by atoms with Gasteiger partial charge in [0, 0.05) is 10.6 Å². The van der Waals surface area contributed by atoms with Gasteiger partial charge in [-0.2, -0.15) is 0 Å². The number of ether oxygens (including phenoxy) is 1. The number of hydrogen-bond acceptors (Lipinski definition) is 5. The van der Waals surface area contributed by atoms with E-state index in [1.807, 2.05) is 0 Å². The fourth-order valence-electron chi connectivity index (χ4n) is 1.44. The summed E-state index contributed by atoms with van der Waals surface area (Å²) in [5, 5.41) is 8.28. The van der Waals surface area contributed by atoms with Crippen molar-refractivity contribution in [3.05, 3.63) is 28.2 Å². The van der Waals surface area contributed by atoms with Crippen molar-refractivity contribution in [2.75, 3.05) is 12.4 Å². The molecular formula is C12H11Cl2N3O2S. The van der Waals surface area contributed by atoms with Crippen LogP contribution < -0.4 is 0 Å². The zero-order chi connectivity index (χ0) is 14.5. The minimum absolute atomic E-state index is 0.166. The van der Waals surface area contributed by atoms with Crippen LogP contribution in [0.5, 0.6) is 0 Å². The number of carbonyl (C=O) groups excluding carboxylic acids is 1. The molecule has 2 rings (SSSR count). The summed E-state index contributed by atoms with van der Waals surface area (Å²) in [6.07, 6.45) is 0. The third-order valence-corrected chi connectivity index (χ3v) is 3.64. The van der Waals surface area contributed by atoms with E-state index in [9.17, 15) is 4.79 Å². The first-order valence-corrected chi connectivity index (χ1v) is 7.50. The summed E-state index contributed by atoms with van der Waals surface area (Å²) in [6, 6.07) is 5.11. The third-order valence-electron chi connectivity index (χ3n) is 2.28. The van der Waals surface area contributed by atoms with Crippen LogP contribution in [0, 0.1) is 0 Å². The van der Waals surface area contributed by atoms with E-state index in [4.69, 9.17) is 27.9 Å². The van der Waals surface area contributed by atoms with E-state index in [-0.39, 0.29) is 11.7 Å². The maximum Gasteiger partial charge on any atom is 0.316 e. The number of benzene rings is 1. The van der Waals surface area contributed by atoms with E-state index in [2.05, 4.69) is 15.2 Å². The van der Waals surface area contributed by atoms with Crippen molar-refractivity contribution in [3.63, 3.8) is 0 Å². The van der Waals surface area contributed by atoms with Crippen molar-refractivity contribution >= 4 is 40.9 Å². The summed E-state index contributed by atoms with van der Waals surface area (Å²) in [6.45, 7) is 2.12. The average molecular weight is 332 g/mol. The smallest absolute Gasteiger partial charge is 0.316 e. The van der Waals surface area contributed by atoms with Gasteiger partial charge in [-0.15, -0.1) is 5.10 Å². The molecule has 20 heavy (non-hydrogen) atoms. The van der Waals surface area contributed by atoms with Crippen LogP contribution in [0.4, 0.5) is 0 Å². The number of rotatable bonds is 5. The molecule has 8 heteroatoms.